The molecule has 0 aliphatic heterocycles. The monoisotopic (exact) mass is 271 g/mol. The van der Waals surface area contributed by atoms with E-state index in [0.717, 1.165) is 18.4 Å². The van der Waals surface area contributed by atoms with Gasteiger partial charge in [-0.2, -0.15) is 0 Å². The molecule has 1 saturated carbocycles. The number of aryl methyl sites for hydroxylation is 1. The van der Waals surface area contributed by atoms with E-state index in [1.54, 1.807) is 11.1 Å². The van der Waals surface area contributed by atoms with Crippen LogP contribution >= 0.6 is 0 Å². The van der Waals surface area contributed by atoms with E-state index >= 15 is 0 Å². The number of hydrogen-bond donors (Lipinski definition) is 0. The lowest BCUT2D eigenvalue weighted by molar-refractivity contribution is 0.476. The van der Waals surface area contributed by atoms with Crippen molar-refractivity contribution in [3.63, 3.8) is 0 Å². The fourth-order valence-electron chi connectivity index (χ4n) is 3.85. The summed E-state index contributed by atoms with van der Waals surface area (Å²) >= 11 is 0. The van der Waals surface area contributed by atoms with Crippen LogP contribution in [0.3, 0.4) is 0 Å². The van der Waals surface area contributed by atoms with E-state index < -0.39 is 0 Å². The minimum atomic E-state index is 0.462. The Kier molecular flexibility index (Phi) is 3.23. The summed E-state index contributed by atoms with van der Waals surface area (Å²) in [5.41, 5.74) is 3.64. The number of benzene rings is 1. The summed E-state index contributed by atoms with van der Waals surface area (Å²) in [6, 6.07) is 9.00. The molecule has 0 N–H and O–H groups in total. The van der Waals surface area contributed by atoms with Crippen molar-refractivity contribution >= 4 is 5.96 Å². The predicted molar refractivity (Wildman–Crippen MR) is 84.2 cm³/mol. The zero-order valence-corrected chi connectivity index (χ0v) is 13.1. The van der Waals surface area contributed by atoms with Crippen LogP contribution in [-0.4, -0.2) is 50.5 Å². The number of nitrogens with zero attached hydrogens (tertiary/aromatic N) is 3. The predicted octanol–water partition coefficient (Wildman–Crippen LogP) is 2.37. The molecule has 2 aliphatic carbocycles. The summed E-state index contributed by atoms with van der Waals surface area (Å²) in [7, 11) is 8.25. The molecule has 0 heterocycles. The first kappa shape index (κ1) is 13.5. The van der Waals surface area contributed by atoms with Crippen molar-refractivity contribution in [3.05, 3.63) is 35.4 Å². The molecule has 0 saturated heterocycles. The molecule has 1 aromatic carbocycles. The fourth-order valence-corrected chi connectivity index (χ4v) is 3.85. The van der Waals surface area contributed by atoms with Crippen molar-refractivity contribution in [2.45, 2.75) is 24.7 Å². The second kappa shape index (κ2) is 4.80. The van der Waals surface area contributed by atoms with E-state index in [2.05, 4.69) is 62.3 Å². The average Bonchev–Trinajstić information content (AvgIpc) is 2.97. The van der Waals surface area contributed by atoms with E-state index in [9.17, 15) is 0 Å². The van der Waals surface area contributed by atoms with Gasteiger partial charge in [0, 0.05) is 40.2 Å². The van der Waals surface area contributed by atoms with Crippen molar-refractivity contribution < 1.29 is 0 Å². The largest absolute Gasteiger partial charge is 0.349 e. The molecule has 0 radical (unpaired) electrons. The highest BCUT2D eigenvalue weighted by molar-refractivity contribution is 5.79. The molecule has 0 bridgehead atoms. The van der Waals surface area contributed by atoms with E-state index in [1.165, 1.54) is 19.3 Å². The molecule has 3 rings (SSSR count). The van der Waals surface area contributed by atoms with E-state index in [0.29, 0.717) is 5.41 Å². The first-order chi connectivity index (χ1) is 9.54. The van der Waals surface area contributed by atoms with Crippen molar-refractivity contribution in [2.75, 3.05) is 34.7 Å². The third-order valence-electron chi connectivity index (χ3n) is 4.88. The number of fused-ring (bicyclic) bond motifs is 2. The highest BCUT2D eigenvalue weighted by Crippen LogP contribution is 2.61. The van der Waals surface area contributed by atoms with Crippen molar-refractivity contribution in [1.29, 1.82) is 0 Å². The van der Waals surface area contributed by atoms with Crippen LogP contribution in [0.15, 0.2) is 29.3 Å². The Bertz CT molecular complexity index is 523. The van der Waals surface area contributed by atoms with Gasteiger partial charge < -0.3 is 9.80 Å². The Morgan fingerprint density at radius 3 is 2.60 bits per heavy atom. The molecule has 20 heavy (non-hydrogen) atoms. The molecule has 1 spiro atoms. The average molecular weight is 271 g/mol. The minimum Gasteiger partial charge on any atom is -0.349 e. The third-order valence-corrected chi connectivity index (χ3v) is 4.88. The van der Waals surface area contributed by atoms with Gasteiger partial charge in [0.25, 0.3) is 0 Å². The van der Waals surface area contributed by atoms with E-state index in [1.807, 2.05) is 0 Å². The summed E-state index contributed by atoms with van der Waals surface area (Å²) in [5.74, 6) is 1.80. The fraction of sp³-hybridized carbons (Fsp3) is 0.588. The highest BCUT2D eigenvalue weighted by atomic mass is 15.3. The van der Waals surface area contributed by atoms with Crippen molar-refractivity contribution in [2.24, 2.45) is 10.9 Å². The quantitative estimate of drug-likeness (QED) is 0.607. The maximum absolute atomic E-state index is 4.85. The van der Waals surface area contributed by atoms with Gasteiger partial charge in [-0.25, -0.2) is 0 Å². The normalized spacial score (nSPS) is 26.3. The molecule has 108 valence electrons. The van der Waals surface area contributed by atoms with Crippen molar-refractivity contribution in [1.82, 2.24) is 9.80 Å². The Labute approximate surface area is 122 Å². The molecular weight excluding hydrogens is 246 g/mol. The molecule has 2 aliphatic rings. The molecule has 1 fully saturated rings. The van der Waals surface area contributed by atoms with Crippen LogP contribution in [-0.2, 0) is 11.8 Å². The van der Waals surface area contributed by atoms with Gasteiger partial charge in [0.15, 0.2) is 5.96 Å². The van der Waals surface area contributed by atoms with Crippen LogP contribution in [0.2, 0.25) is 0 Å². The second-order valence-corrected chi connectivity index (χ2v) is 6.64. The van der Waals surface area contributed by atoms with E-state index in [4.69, 9.17) is 4.99 Å². The van der Waals surface area contributed by atoms with Gasteiger partial charge in [-0.3, -0.25) is 4.99 Å². The highest BCUT2D eigenvalue weighted by Gasteiger charge is 2.57. The second-order valence-electron chi connectivity index (χ2n) is 6.64. The van der Waals surface area contributed by atoms with Gasteiger partial charge in [0.05, 0.1) is 0 Å². The van der Waals surface area contributed by atoms with Gasteiger partial charge in [-0.1, -0.05) is 24.3 Å². The van der Waals surface area contributed by atoms with Crippen LogP contribution in [0, 0.1) is 5.92 Å². The Morgan fingerprint density at radius 1 is 1.20 bits per heavy atom. The molecule has 2 atom stereocenters. The molecule has 2 unspecified atom stereocenters. The SMILES string of the molecule is CN(C)C(=NCC1CC12CCc1ccccc12)N(C)C. The number of guanidine groups is 1. The minimum absolute atomic E-state index is 0.462. The standard InChI is InChI=1S/C17H25N3/c1-19(2)16(20(3)4)18-12-14-11-17(14)10-9-13-7-5-6-8-15(13)17/h5-8,14H,9-12H2,1-4H3. The summed E-state index contributed by atoms with van der Waals surface area (Å²) < 4.78 is 0. The molecular formula is C17H25N3. The lowest BCUT2D eigenvalue weighted by Crippen LogP contribution is -2.35. The van der Waals surface area contributed by atoms with Gasteiger partial charge in [0.1, 0.15) is 0 Å². The maximum Gasteiger partial charge on any atom is 0.195 e. The summed E-state index contributed by atoms with van der Waals surface area (Å²) in [4.78, 5) is 9.03. The Balaban J connectivity index is 1.73. The maximum atomic E-state index is 4.85. The van der Waals surface area contributed by atoms with Gasteiger partial charge in [-0.15, -0.1) is 0 Å². The van der Waals surface area contributed by atoms with Crippen LogP contribution in [0.25, 0.3) is 0 Å². The smallest absolute Gasteiger partial charge is 0.195 e. The number of aliphatic imine (C=N–C) groups is 1. The lowest BCUT2D eigenvalue weighted by atomic mass is 9.95. The topological polar surface area (TPSA) is 18.8 Å². The van der Waals surface area contributed by atoms with Gasteiger partial charge in [-0.05, 0) is 36.3 Å². The van der Waals surface area contributed by atoms with Gasteiger partial charge >= 0.3 is 0 Å². The zero-order chi connectivity index (χ0) is 14.3. The van der Waals surface area contributed by atoms with Crippen LogP contribution in [0.5, 0.6) is 0 Å². The first-order valence-corrected chi connectivity index (χ1v) is 7.52. The van der Waals surface area contributed by atoms with E-state index in [-0.39, 0.29) is 0 Å². The summed E-state index contributed by atoms with van der Waals surface area (Å²) in [5, 5.41) is 0. The Morgan fingerprint density at radius 2 is 1.90 bits per heavy atom. The molecule has 0 amide bonds. The lowest BCUT2D eigenvalue weighted by Gasteiger charge is -2.22. The number of hydrogen-bond acceptors (Lipinski definition) is 1. The summed E-state index contributed by atoms with van der Waals surface area (Å²) in [6.45, 7) is 0.958. The van der Waals surface area contributed by atoms with Crippen LogP contribution in [0.4, 0.5) is 0 Å². The molecule has 0 aromatic heterocycles. The van der Waals surface area contributed by atoms with Gasteiger partial charge in [0.2, 0.25) is 0 Å². The third kappa shape index (κ3) is 2.09. The molecule has 3 heteroatoms. The summed E-state index contributed by atoms with van der Waals surface area (Å²) in [6.07, 6.45) is 3.90. The van der Waals surface area contributed by atoms with Crippen LogP contribution in [0.1, 0.15) is 24.0 Å². The van der Waals surface area contributed by atoms with Crippen LogP contribution < -0.4 is 0 Å². The zero-order valence-electron chi connectivity index (χ0n) is 13.1. The Hall–Kier alpha value is -1.51. The number of rotatable bonds is 2. The van der Waals surface area contributed by atoms with Crippen molar-refractivity contribution in [3.8, 4) is 0 Å². The molecule has 1 aromatic rings. The first-order valence-electron chi connectivity index (χ1n) is 7.52. The molecule has 3 nitrogen and oxygen atoms in total.